The van der Waals surface area contributed by atoms with E-state index >= 15 is 0 Å². The van der Waals surface area contributed by atoms with Gasteiger partial charge >= 0.3 is 0 Å². The summed E-state index contributed by atoms with van der Waals surface area (Å²) in [7, 11) is 0. The monoisotopic (exact) mass is 261 g/mol. The van der Waals surface area contributed by atoms with E-state index in [1.54, 1.807) is 0 Å². The molecular formula is C17H27NO. The molecule has 0 spiro atoms. The fraction of sp³-hybridized carbons (Fsp3) is 0.647. The summed E-state index contributed by atoms with van der Waals surface area (Å²) in [6.07, 6.45) is 3.67. The third-order valence-electron chi connectivity index (χ3n) is 4.16. The van der Waals surface area contributed by atoms with Crippen LogP contribution >= 0.6 is 0 Å². The Kier molecular flexibility index (Phi) is 5.41. The molecule has 1 aromatic carbocycles. The minimum Gasteiger partial charge on any atom is -0.381 e. The number of hydrogen-bond donors (Lipinski definition) is 1. The maximum atomic E-state index is 5.47. The summed E-state index contributed by atoms with van der Waals surface area (Å²) in [5.41, 5.74) is 4.24. The van der Waals surface area contributed by atoms with E-state index in [9.17, 15) is 0 Å². The Morgan fingerprint density at radius 1 is 1.26 bits per heavy atom. The second-order valence-electron chi connectivity index (χ2n) is 5.76. The van der Waals surface area contributed by atoms with Crippen molar-refractivity contribution in [3.63, 3.8) is 0 Å². The lowest BCUT2D eigenvalue weighted by Gasteiger charge is -2.28. The van der Waals surface area contributed by atoms with Crippen LogP contribution in [0, 0.1) is 19.8 Å². The van der Waals surface area contributed by atoms with Gasteiger partial charge in [-0.25, -0.2) is 0 Å². The van der Waals surface area contributed by atoms with E-state index in [0.29, 0.717) is 6.04 Å². The van der Waals surface area contributed by atoms with Gasteiger partial charge in [-0.1, -0.05) is 30.7 Å². The van der Waals surface area contributed by atoms with E-state index < -0.39 is 0 Å². The Labute approximate surface area is 117 Å². The molecule has 106 valence electrons. The standard InChI is InChI=1S/C17H27NO/c1-4-18-17(12-15-7-9-19-10-8-15)16-6-5-13(2)11-14(16)3/h5-6,11,15,17-18H,4,7-10,12H2,1-3H3. The molecule has 1 aromatic rings. The molecule has 19 heavy (non-hydrogen) atoms. The zero-order chi connectivity index (χ0) is 13.7. The molecule has 1 atom stereocenters. The van der Waals surface area contributed by atoms with Crippen LogP contribution in [0.2, 0.25) is 0 Å². The topological polar surface area (TPSA) is 21.3 Å². The zero-order valence-electron chi connectivity index (χ0n) is 12.5. The first kappa shape index (κ1) is 14.5. The lowest BCUT2D eigenvalue weighted by atomic mass is 9.87. The van der Waals surface area contributed by atoms with Crippen LogP contribution in [0.3, 0.4) is 0 Å². The van der Waals surface area contributed by atoms with E-state index in [-0.39, 0.29) is 0 Å². The number of rotatable bonds is 5. The number of benzene rings is 1. The first-order chi connectivity index (χ1) is 9.20. The molecule has 0 aliphatic carbocycles. The van der Waals surface area contributed by atoms with Crippen LogP contribution in [0.15, 0.2) is 18.2 Å². The van der Waals surface area contributed by atoms with Gasteiger partial charge in [-0.05, 0) is 56.7 Å². The molecule has 1 N–H and O–H groups in total. The Morgan fingerprint density at radius 3 is 2.63 bits per heavy atom. The smallest absolute Gasteiger partial charge is 0.0468 e. The van der Waals surface area contributed by atoms with Crippen LogP contribution in [-0.2, 0) is 4.74 Å². The molecule has 1 saturated heterocycles. The molecule has 0 aromatic heterocycles. The molecule has 0 saturated carbocycles. The van der Waals surface area contributed by atoms with Gasteiger partial charge in [0.15, 0.2) is 0 Å². The summed E-state index contributed by atoms with van der Waals surface area (Å²) in [5, 5.41) is 3.67. The predicted molar refractivity (Wildman–Crippen MR) is 80.5 cm³/mol. The largest absolute Gasteiger partial charge is 0.381 e. The number of aryl methyl sites for hydroxylation is 2. The van der Waals surface area contributed by atoms with Crippen molar-refractivity contribution in [1.29, 1.82) is 0 Å². The van der Waals surface area contributed by atoms with Gasteiger partial charge in [0.05, 0.1) is 0 Å². The van der Waals surface area contributed by atoms with Crippen molar-refractivity contribution >= 4 is 0 Å². The van der Waals surface area contributed by atoms with Crippen molar-refractivity contribution in [2.24, 2.45) is 5.92 Å². The fourth-order valence-corrected chi connectivity index (χ4v) is 3.10. The van der Waals surface area contributed by atoms with E-state index in [2.05, 4.69) is 44.3 Å². The van der Waals surface area contributed by atoms with E-state index in [1.807, 2.05) is 0 Å². The number of nitrogens with one attached hydrogen (secondary N) is 1. The van der Waals surface area contributed by atoms with Crippen LogP contribution in [0.1, 0.15) is 48.9 Å². The van der Waals surface area contributed by atoms with Crippen molar-refractivity contribution in [1.82, 2.24) is 5.32 Å². The summed E-state index contributed by atoms with van der Waals surface area (Å²) in [4.78, 5) is 0. The SMILES string of the molecule is CCNC(CC1CCOCC1)c1ccc(C)cc1C. The fourth-order valence-electron chi connectivity index (χ4n) is 3.10. The van der Waals surface area contributed by atoms with Crippen LogP contribution in [0.5, 0.6) is 0 Å². The maximum Gasteiger partial charge on any atom is 0.0468 e. The summed E-state index contributed by atoms with van der Waals surface area (Å²) in [6, 6.07) is 7.33. The van der Waals surface area contributed by atoms with Gasteiger partial charge in [0.2, 0.25) is 0 Å². The summed E-state index contributed by atoms with van der Waals surface area (Å²) < 4.78 is 5.47. The quantitative estimate of drug-likeness (QED) is 0.871. The van der Waals surface area contributed by atoms with Gasteiger partial charge in [0.1, 0.15) is 0 Å². The molecule has 2 heteroatoms. The summed E-state index contributed by atoms with van der Waals surface area (Å²) >= 11 is 0. The molecule has 1 heterocycles. The van der Waals surface area contributed by atoms with Crippen molar-refractivity contribution in [3.05, 3.63) is 34.9 Å². The van der Waals surface area contributed by atoms with Crippen molar-refractivity contribution in [2.75, 3.05) is 19.8 Å². The van der Waals surface area contributed by atoms with Crippen LogP contribution in [-0.4, -0.2) is 19.8 Å². The normalized spacial score (nSPS) is 18.5. The lowest BCUT2D eigenvalue weighted by Crippen LogP contribution is -2.26. The summed E-state index contributed by atoms with van der Waals surface area (Å²) in [5.74, 6) is 0.804. The number of ether oxygens (including phenoxy) is 1. The van der Waals surface area contributed by atoms with Gasteiger partial charge in [0.25, 0.3) is 0 Å². The highest BCUT2D eigenvalue weighted by molar-refractivity contribution is 5.32. The molecule has 0 radical (unpaired) electrons. The highest BCUT2D eigenvalue weighted by Crippen LogP contribution is 2.29. The van der Waals surface area contributed by atoms with Crippen LogP contribution < -0.4 is 5.32 Å². The molecule has 0 bridgehead atoms. The minimum absolute atomic E-state index is 0.494. The van der Waals surface area contributed by atoms with Crippen molar-refractivity contribution in [2.45, 2.75) is 46.1 Å². The van der Waals surface area contributed by atoms with E-state index in [0.717, 1.165) is 25.7 Å². The second-order valence-corrected chi connectivity index (χ2v) is 5.76. The minimum atomic E-state index is 0.494. The van der Waals surface area contributed by atoms with Crippen LogP contribution in [0.25, 0.3) is 0 Å². The Bertz CT molecular complexity index is 396. The average Bonchev–Trinajstić information content (AvgIpc) is 2.39. The van der Waals surface area contributed by atoms with Crippen molar-refractivity contribution in [3.8, 4) is 0 Å². The molecule has 1 aliphatic heterocycles. The van der Waals surface area contributed by atoms with Crippen LogP contribution in [0.4, 0.5) is 0 Å². The maximum absolute atomic E-state index is 5.47. The molecular weight excluding hydrogens is 234 g/mol. The molecule has 1 fully saturated rings. The lowest BCUT2D eigenvalue weighted by molar-refractivity contribution is 0.0605. The van der Waals surface area contributed by atoms with Crippen molar-refractivity contribution < 1.29 is 4.74 Å². The Balaban J connectivity index is 2.09. The highest BCUT2D eigenvalue weighted by atomic mass is 16.5. The van der Waals surface area contributed by atoms with E-state index in [4.69, 9.17) is 4.74 Å². The third-order valence-corrected chi connectivity index (χ3v) is 4.16. The highest BCUT2D eigenvalue weighted by Gasteiger charge is 2.20. The zero-order valence-corrected chi connectivity index (χ0v) is 12.5. The second kappa shape index (κ2) is 7.06. The summed E-state index contributed by atoms with van der Waals surface area (Å²) in [6.45, 7) is 9.50. The van der Waals surface area contributed by atoms with Gasteiger partial charge in [-0.15, -0.1) is 0 Å². The molecule has 1 aliphatic rings. The third kappa shape index (κ3) is 4.05. The van der Waals surface area contributed by atoms with Gasteiger partial charge in [-0.3, -0.25) is 0 Å². The molecule has 2 nitrogen and oxygen atoms in total. The predicted octanol–water partition coefficient (Wildman–Crippen LogP) is 3.77. The Hall–Kier alpha value is -0.860. The first-order valence-corrected chi connectivity index (χ1v) is 7.59. The Morgan fingerprint density at radius 2 is 2.00 bits per heavy atom. The van der Waals surface area contributed by atoms with Gasteiger partial charge in [-0.2, -0.15) is 0 Å². The van der Waals surface area contributed by atoms with Gasteiger partial charge < -0.3 is 10.1 Å². The molecule has 2 rings (SSSR count). The van der Waals surface area contributed by atoms with E-state index in [1.165, 1.54) is 36.0 Å². The average molecular weight is 261 g/mol. The molecule has 0 amide bonds. The first-order valence-electron chi connectivity index (χ1n) is 7.59. The van der Waals surface area contributed by atoms with Gasteiger partial charge in [0, 0.05) is 19.3 Å². The number of hydrogen-bond acceptors (Lipinski definition) is 2. The molecule has 1 unspecified atom stereocenters.